The van der Waals surface area contributed by atoms with Crippen molar-refractivity contribution >= 4 is 5.65 Å². The van der Waals surface area contributed by atoms with E-state index in [2.05, 4.69) is 15.3 Å². The van der Waals surface area contributed by atoms with Crippen LogP contribution in [0.3, 0.4) is 0 Å². The van der Waals surface area contributed by atoms with E-state index in [1.54, 1.807) is 12.1 Å². The van der Waals surface area contributed by atoms with Crippen molar-refractivity contribution in [3.8, 4) is 11.6 Å². The van der Waals surface area contributed by atoms with Crippen LogP contribution in [0.2, 0.25) is 0 Å². The van der Waals surface area contributed by atoms with Crippen LogP contribution >= 0.6 is 0 Å². The Morgan fingerprint density at radius 3 is 2.55 bits per heavy atom. The highest BCUT2D eigenvalue weighted by Crippen LogP contribution is 2.29. The van der Waals surface area contributed by atoms with Crippen LogP contribution in [-0.4, -0.2) is 19.8 Å². The van der Waals surface area contributed by atoms with E-state index < -0.39 is 12.0 Å². The van der Waals surface area contributed by atoms with Gasteiger partial charge in [0.2, 0.25) is 5.88 Å². The summed E-state index contributed by atoms with van der Waals surface area (Å²) in [7, 11) is 0. The zero-order valence-electron chi connectivity index (χ0n) is 11.7. The second kappa shape index (κ2) is 4.97. The van der Waals surface area contributed by atoms with Gasteiger partial charge in [-0.15, -0.1) is 15.3 Å². The number of aromatic nitrogens is 4. The third-order valence-electron chi connectivity index (χ3n) is 3.26. The molecule has 0 spiro atoms. The van der Waals surface area contributed by atoms with Gasteiger partial charge in [0, 0.05) is 6.07 Å². The molecule has 114 valence electrons. The Bertz CT molecular complexity index is 842. The number of aryl methyl sites for hydroxylation is 1. The van der Waals surface area contributed by atoms with Gasteiger partial charge in [-0.3, -0.25) is 0 Å². The van der Waals surface area contributed by atoms with Gasteiger partial charge < -0.3 is 4.74 Å². The quantitative estimate of drug-likeness (QED) is 0.726. The summed E-state index contributed by atoms with van der Waals surface area (Å²) >= 11 is 0. The van der Waals surface area contributed by atoms with Crippen molar-refractivity contribution in [2.75, 3.05) is 0 Å². The highest BCUT2D eigenvalue weighted by atomic mass is 19.4. The van der Waals surface area contributed by atoms with Crippen molar-refractivity contribution in [2.24, 2.45) is 0 Å². The van der Waals surface area contributed by atoms with Gasteiger partial charge in [-0.2, -0.15) is 17.7 Å². The molecule has 0 fully saturated rings. The van der Waals surface area contributed by atoms with Crippen molar-refractivity contribution in [2.45, 2.75) is 20.0 Å². The molecule has 0 saturated carbocycles. The smallest absolute Gasteiger partial charge is 0.437 e. The molecule has 0 N–H and O–H groups in total. The fourth-order valence-electron chi connectivity index (χ4n) is 1.95. The molecule has 0 atom stereocenters. The largest absolute Gasteiger partial charge is 0.453 e. The predicted molar refractivity (Wildman–Crippen MR) is 71.8 cm³/mol. The molecule has 3 rings (SSSR count). The molecule has 22 heavy (non-hydrogen) atoms. The second-order valence-electron chi connectivity index (χ2n) is 4.76. The van der Waals surface area contributed by atoms with Crippen LogP contribution in [0.15, 0.2) is 30.3 Å². The molecular weight excluding hydrogens is 297 g/mol. The minimum atomic E-state index is -4.63. The predicted octanol–water partition coefficient (Wildman–Crippen LogP) is 3.55. The second-order valence-corrected chi connectivity index (χ2v) is 4.76. The summed E-state index contributed by atoms with van der Waals surface area (Å²) in [6, 6.07) is 8.27. The molecule has 3 aromatic rings. The molecule has 0 radical (unpaired) electrons. The van der Waals surface area contributed by atoms with Crippen LogP contribution < -0.4 is 4.74 Å². The topological polar surface area (TPSA) is 52.3 Å². The minimum Gasteiger partial charge on any atom is -0.437 e. The summed E-state index contributed by atoms with van der Waals surface area (Å²) in [6.07, 6.45) is -4.63. The Balaban J connectivity index is 2.03. The number of fused-ring (bicyclic) bond motifs is 1. The third-order valence-corrected chi connectivity index (χ3v) is 3.26. The Hall–Kier alpha value is -2.64. The van der Waals surface area contributed by atoms with Gasteiger partial charge in [0.05, 0.1) is 0 Å². The van der Waals surface area contributed by atoms with Gasteiger partial charge in [0.25, 0.3) is 5.82 Å². The normalized spacial score (nSPS) is 11.9. The molecule has 0 amide bonds. The Kier molecular flexibility index (Phi) is 3.23. The zero-order valence-corrected chi connectivity index (χ0v) is 11.7. The maximum absolute atomic E-state index is 12.8. The van der Waals surface area contributed by atoms with Crippen molar-refractivity contribution in [1.82, 2.24) is 19.8 Å². The Morgan fingerprint density at radius 2 is 1.82 bits per heavy atom. The summed E-state index contributed by atoms with van der Waals surface area (Å²) < 4.78 is 44.7. The molecular formula is C14H11F3N4O. The molecule has 1 aromatic carbocycles. The molecule has 0 unspecified atom stereocenters. The van der Waals surface area contributed by atoms with Crippen LogP contribution in [0.5, 0.6) is 11.6 Å². The van der Waals surface area contributed by atoms with Crippen LogP contribution in [0.25, 0.3) is 5.65 Å². The van der Waals surface area contributed by atoms with Crippen molar-refractivity contribution in [3.05, 3.63) is 47.3 Å². The van der Waals surface area contributed by atoms with Crippen molar-refractivity contribution in [3.63, 3.8) is 0 Å². The average molecular weight is 308 g/mol. The van der Waals surface area contributed by atoms with Crippen LogP contribution in [0.1, 0.15) is 17.0 Å². The fourth-order valence-corrected chi connectivity index (χ4v) is 1.95. The molecule has 5 nitrogen and oxygen atoms in total. The lowest BCUT2D eigenvalue weighted by Crippen LogP contribution is -2.12. The van der Waals surface area contributed by atoms with Gasteiger partial charge in [-0.05, 0) is 37.1 Å². The zero-order chi connectivity index (χ0) is 15.9. The summed E-state index contributed by atoms with van der Waals surface area (Å²) in [5, 5.41) is 10.4. The van der Waals surface area contributed by atoms with E-state index >= 15 is 0 Å². The van der Waals surface area contributed by atoms with Gasteiger partial charge in [0.15, 0.2) is 5.65 Å². The highest BCUT2D eigenvalue weighted by Gasteiger charge is 2.37. The number of hydrogen-bond acceptors (Lipinski definition) is 4. The summed E-state index contributed by atoms with van der Waals surface area (Å²) in [4.78, 5) is 0. The Morgan fingerprint density at radius 1 is 1.05 bits per heavy atom. The molecule has 0 aliphatic carbocycles. The highest BCUT2D eigenvalue weighted by molar-refractivity contribution is 5.42. The first-order chi connectivity index (χ1) is 10.4. The molecule has 0 aliphatic heterocycles. The number of nitrogens with zero attached hydrogens (tertiary/aromatic N) is 4. The molecule has 0 aliphatic rings. The lowest BCUT2D eigenvalue weighted by molar-refractivity contribution is -0.146. The SMILES string of the molecule is Cc1cccc(Oc2ccc3nnc(C(F)(F)F)n3n2)c1C. The number of alkyl halides is 3. The van der Waals surface area contributed by atoms with Crippen LogP contribution in [0.4, 0.5) is 13.2 Å². The lowest BCUT2D eigenvalue weighted by atomic mass is 10.1. The molecule has 8 heteroatoms. The van der Waals surface area contributed by atoms with E-state index in [1.807, 2.05) is 19.9 Å². The van der Waals surface area contributed by atoms with E-state index in [9.17, 15) is 13.2 Å². The number of halogens is 3. The standard InChI is InChI=1S/C14H11F3N4O/c1-8-4-3-5-10(9(8)2)22-12-7-6-11-18-19-13(14(15,16)17)21(11)20-12/h3-7H,1-2H3. The number of ether oxygens (including phenoxy) is 1. The van der Waals surface area contributed by atoms with E-state index in [1.165, 1.54) is 12.1 Å². The van der Waals surface area contributed by atoms with Crippen molar-refractivity contribution < 1.29 is 17.9 Å². The van der Waals surface area contributed by atoms with Crippen molar-refractivity contribution in [1.29, 1.82) is 0 Å². The van der Waals surface area contributed by atoms with Gasteiger partial charge in [-0.1, -0.05) is 12.1 Å². The fraction of sp³-hybridized carbons (Fsp3) is 0.214. The minimum absolute atomic E-state index is 0.000592. The summed E-state index contributed by atoms with van der Waals surface area (Å²) in [5.41, 5.74) is 1.91. The molecule has 2 aromatic heterocycles. The van der Waals surface area contributed by atoms with Crippen LogP contribution in [-0.2, 0) is 6.18 Å². The molecule has 0 saturated heterocycles. The Labute approximate surface area is 123 Å². The monoisotopic (exact) mass is 308 g/mol. The first-order valence-electron chi connectivity index (χ1n) is 6.40. The summed E-state index contributed by atoms with van der Waals surface area (Å²) in [5.74, 6) is -0.617. The average Bonchev–Trinajstić information content (AvgIpc) is 2.87. The van der Waals surface area contributed by atoms with E-state index in [-0.39, 0.29) is 11.5 Å². The van der Waals surface area contributed by atoms with E-state index in [4.69, 9.17) is 4.74 Å². The first kappa shape index (κ1) is 14.3. The summed E-state index contributed by atoms with van der Waals surface area (Å²) in [6.45, 7) is 3.78. The van der Waals surface area contributed by atoms with Gasteiger partial charge in [0.1, 0.15) is 5.75 Å². The molecule has 2 heterocycles. The van der Waals surface area contributed by atoms with E-state index in [0.717, 1.165) is 11.1 Å². The number of hydrogen-bond donors (Lipinski definition) is 0. The number of benzene rings is 1. The maximum Gasteiger partial charge on any atom is 0.453 e. The maximum atomic E-state index is 12.8. The number of rotatable bonds is 2. The molecule has 0 bridgehead atoms. The van der Waals surface area contributed by atoms with Gasteiger partial charge in [-0.25, -0.2) is 0 Å². The van der Waals surface area contributed by atoms with E-state index in [0.29, 0.717) is 10.3 Å². The third kappa shape index (κ3) is 2.47. The van der Waals surface area contributed by atoms with Crippen LogP contribution in [0, 0.1) is 13.8 Å². The lowest BCUT2D eigenvalue weighted by Gasteiger charge is -2.10. The van der Waals surface area contributed by atoms with Gasteiger partial charge >= 0.3 is 6.18 Å². The first-order valence-corrected chi connectivity index (χ1v) is 6.40.